The molecule has 0 spiro atoms. The summed E-state index contributed by atoms with van der Waals surface area (Å²) in [4.78, 5) is 4.27. The van der Waals surface area contributed by atoms with Crippen molar-refractivity contribution in [2.45, 2.75) is 19.8 Å². The third-order valence-corrected chi connectivity index (χ3v) is 3.22. The van der Waals surface area contributed by atoms with Crippen LogP contribution in [0.2, 0.25) is 0 Å². The molecule has 4 nitrogen and oxygen atoms in total. The molecular weight excluding hydrogens is 274 g/mol. The van der Waals surface area contributed by atoms with Gasteiger partial charge in [-0.1, -0.05) is 50.2 Å². The molecular formula is C18H23N3O. The van der Waals surface area contributed by atoms with Crippen LogP contribution in [0.1, 0.15) is 25.3 Å². The van der Waals surface area contributed by atoms with Gasteiger partial charge in [-0.25, -0.2) is 4.99 Å². The molecule has 2 aromatic carbocycles. The molecule has 2 aromatic rings. The average Bonchev–Trinajstić information content (AvgIpc) is 2.53. The van der Waals surface area contributed by atoms with E-state index in [2.05, 4.69) is 30.2 Å². The predicted octanol–water partition coefficient (Wildman–Crippen LogP) is 3.62. The number of nitrogens with zero attached hydrogens (tertiary/aromatic N) is 1. The van der Waals surface area contributed by atoms with E-state index in [0.29, 0.717) is 25.0 Å². The molecule has 0 aromatic heterocycles. The normalized spacial score (nSPS) is 11.5. The Morgan fingerprint density at radius 1 is 1.09 bits per heavy atom. The number of nitrogens with one attached hydrogen (secondary N) is 1. The lowest BCUT2D eigenvalue weighted by Crippen LogP contribution is -2.23. The Morgan fingerprint density at radius 2 is 1.77 bits per heavy atom. The van der Waals surface area contributed by atoms with E-state index < -0.39 is 0 Å². The molecule has 3 N–H and O–H groups in total. The van der Waals surface area contributed by atoms with Crippen molar-refractivity contribution in [1.82, 2.24) is 0 Å². The van der Waals surface area contributed by atoms with E-state index in [9.17, 15) is 0 Å². The molecule has 0 atom stereocenters. The SMILES string of the molecule is CC(C)c1ccccc1OCCN=C(N)Nc1ccccc1. The third kappa shape index (κ3) is 4.81. The average molecular weight is 297 g/mol. The van der Waals surface area contributed by atoms with Gasteiger partial charge in [-0.2, -0.15) is 0 Å². The van der Waals surface area contributed by atoms with Crippen molar-refractivity contribution < 1.29 is 4.74 Å². The number of nitrogens with two attached hydrogens (primary N) is 1. The Balaban J connectivity index is 1.83. The van der Waals surface area contributed by atoms with Crippen LogP contribution in [0.25, 0.3) is 0 Å². The molecule has 0 aliphatic heterocycles. The van der Waals surface area contributed by atoms with Gasteiger partial charge in [0.05, 0.1) is 6.54 Å². The molecule has 0 saturated heterocycles. The lowest BCUT2D eigenvalue weighted by Gasteiger charge is -2.13. The lowest BCUT2D eigenvalue weighted by molar-refractivity contribution is 0.324. The maximum Gasteiger partial charge on any atom is 0.193 e. The maximum atomic E-state index is 5.85. The minimum Gasteiger partial charge on any atom is -0.491 e. The Labute approximate surface area is 132 Å². The molecule has 116 valence electrons. The summed E-state index contributed by atoms with van der Waals surface area (Å²) in [5.41, 5.74) is 7.98. The van der Waals surface area contributed by atoms with Crippen LogP contribution < -0.4 is 15.8 Å². The van der Waals surface area contributed by atoms with Crippen molar-refractivity contribution in [3.8, 4) is 5.75 Å². The van der Waals surface area contributed by atoms with Gasteiger partial charge in [-0.15, -0.1) is 0 Å². The number of hydrogen-bond acceptors (Lipinski definition) is 2. The second-order valence-corrected chi connectivity index (χ2v) is 5.30. The van der Waals surface area contributed by atoms with Gasteiger partial charge in [-0.05, 0) is 29.7 Å². The van der Waals surface area contributed by atoms with Crippen molar-refractivity contribution in [3.63, 3.8) is 0 Å². The maximum absolute atomic E-state index is 5.85. The van der Waals surface area contributed by atoms with Crippen LogP contribution in [0.4, 0.5) is 5.69 Å². The van der Waals surface area contributed by atoms with Crippen LogP contribution in [0, 0.1) is 0 Å². The molecule has 2 rings (SSSR count). The van der Waals surface area contributed by atoms with E-state index in [1.54, 1.807) is 0 Å². The first-order chi connectivity index (χ1) is 10.7. The monoisotopic (exact) mass is 297 g/mol. The first-order valence-corrected chi connectivity index (χ1v) is 7.50. The zero-order valence-corrected chi connectivity index (χ0v) is 13.1. The van der Waals surface area contributed by atoms with Crippen molar-refractivity contribution in [1.29, 1.82) is 0 Å². The highest BCUT2D eigenvalue weighted by Gasteiger charge is 2.06. The largest absolute Gasteiger partial charge is 0.491 e. The van der Waals surface area contributed by atoms with Crippen molar-refractivity contribution in [2.75, 3.05) is 18.5 Å². The summed E-state index contributed by atoms with van der Waals surface area (Å²) >= 11 is 0. The fourth-order valence-electron chi connectivity index (χ4n) is 2.12. The summed E-state index contributed by atoms with van der Waals surface area (Å²) in [5, 5.41) is 3.04. The van der Waals surface area contributed by atoms with Crippen molar-refractivity contribution >= 4 is 11.6 Å². The van der Waals surface area contributed by atoms with Crippen LogP contribution in [0.15, 0.2) is 59.6 Å². The summed E-state index contributed by atoms with van der Waals surface area (Å²) in [6.45, 7) is 5.32. The molecule has 0 radical (unpaired) electrons. The van der Waals surface area contributed by atoms with Crippen LogP contribution >= 0.6 is 0 Å². The number of para-hydroxylation sites is 2. The zero-order valence-electron chi connectivity index (χ0n) is 13.1. The molecule has 0 aliphatic carbocycles. The smallest absolute Gasteiger partial charge is 0.193 e. The van der Waals surface area contributed by atoms with Crippen molar-refractivity contribution in [3.05, 3.63) is 60.2 Å². The van der Waals surface area contributed by atoms with E-state index in [4.69, 9.17) is 10.5 Å². The summed E-state index contributed by atoms with van der Waals surface area (Å²) in [6.07, 6.45) is 0. The van der Waals surface area contributed by atoms with E-state index in [0.717, 1.165) is 11.4 Å². The van der Waals surface area contributed by atoms with E-state index >= 15 is 0 Å². The van der Waals surface area contributed by atoms with E-state index in [1.807, 2.05) is 48.5 Å². The fourth-order valence-corrected chi connectivity index (χ4v) is 2.12. The highest BCUT2D eigenvalue weighted by atomic mass is 16.5. The summed E-state index contributed by atoms with van der Waals surface area (Å²) in [5.74, 6) is 1.75. The first-order valence-electron chi connectivity index (χ1n) is 7.50. The van der Waals surface area contributed by atoms with Crippen LogP contribution in [-0.4, -0.2) is 19.1 Å². The molecule has 0 unspecified atom stereocenters. The van der Waals surface area contributed by atoms with Crippen LogP contribution in [-0.2, 0) is 0 Å². The fraction of sp³-hybridized carbons (Fsp3) is 0.278. The molecule has 0 fully saturated rings. The second-order valence-electron chi connectivity index (χ2n) is 5.30. The van der Waals surface area contributed by atoms with Gasteiger partial charge < -0.3 is 15.8 Å². The molecule has 22 heavy (non-hydrogen) atoms. The highest BCUT2D eigenvalue weighted by Crippen LogP contribution is 2.25. The van der Waals surface area contributed by atoms with Gasteiger partial charge in [-0.3, -0.25) is 0 Å². The zero-order chi connectivity index (χ0) is 15.8. The Hall–Kier alpha value is -2.49. The Kier molecular flexibility index (Phi) is 5.83. The first kappa shape index (κ1) is 15.9. The standard InChI is InChI=1S/C18H23N3O/c1-14(2)16-10-6-7-11-17(16)22-13-12-20-18(19)21-15-8-4-3-5-9-15/h3-11,14H,12-13H2,1-2H3,(H3,19,20,21). The summed E-state index contributed by atoms with van der Waals surface area (Å²) < 4.78 is 5.81. The number of ether oxygens (including phenoxy) is 1. The summed E-state index contributed by atoms with van der Waals surface area (Å²) in [7, 11) is 0. The highest BCUT2D eigenvalue weighted by molar-refractivity contribution is 5.92. The van der Waals surface area contributed by atoms with Gasteiger partial charge in [0.1, 0.15) is 12.4 Å². The Morgan fingerprint density at radius 3 is 2.50 bits per heavy atom. The third-order valence-electron chi connectivity index (χ3n) is 3.22. The number of hydrogen-bond donors (Lipinski definition) is 2. The number of rotatable bonds is 6. The minimum absolute atomic E-state index is 0.395. The molecule has 0 amide bonds. The minimum atomic E-state index is 0.395. The van der Waals surface area contributed by atoms with Gasteiger partial charge in [0.2, 0.25) is 0 Å². The predicted molar refractivity (Wildman–Crippen MR) is 92.6 cm³/mol. The number of anilines is 1. The lowest BCUT2D eigenvalue weighted by atomic mass is 10.0. The number of guanidine groups is 1. The van der Waals surface area contributed by atoms with Crippen LogP contribution in [0.5, 0.6) is 5.75 Å². The molecule has 0 aliphatic rings. The molecule has 4 heteroatoms. The number of benzene rings is 2. The number of aliphatic imine (C=N–C) groups is 1. The molecule has 0 saturated carbocycles. The van der Waals surface area contributed by atoms with Gasteiger partial charge in [0, 0.05) is 5.69 Å². The Bertz CT molecular complexity index is 609. The van der Waals surface area contributed by atoms with Gasteiger partial charge in [0.15, 0.2) is 5.96 Å². The van der Waals surface area contributed by atoms with Gasteiger partial charge >= 0.3 is 0 Å². The molecule has 0 heterocycles. The van der Waals surface area contributed by atoms with Crippen molar-refractivity contribution in [2.24, 2.45) is 10.7 Å². The summed E-state index contributed by atoms with van der Waals surface area (Å²) in [6, 6.07) is 17.8. The topological polar surface area (TPSA) is 59.6 Å². The molecule has 0 bridgehead atoms. The van der Waals surface area contributed by atoms with E-state index in [-0.39, 0.29) is 0 Å². The second kappa shape index (κ2) is 8.08. The van der Waals surface area contributed by atoms with Gasteiger partial charge in [0.25, 0.3) is 0 Å². The van der Waals surface area contributed by atoms with Crippen LogP contribution in [0.3, 0.4) is 0 Å². The van der Waals surface area contributed by atoms with E-state index in [1.165, 1.54) is 5.56 Å². The quantitative estimate of drug-likeness (QED) is 0.486.